The fraction of sp³-hybridized carbons (Fsp3) is 0.0667. The Morgan fingerprint density at radius 3 is 2.47 bits per heavy atom. The molecule has 2 aromatic rings. The third-order valence-corrected chi connectivity index (χ3v) is 2.55. The zero-order valence-electron chi connectivity index (χ0n) is 9.81. The van der Waals surface area contributed by atoms with E-state index in [9.17, 15) is 0 Å². The molecule has 0 aliphatic carbocycles. The second kappa shape index (κ2) is 5.32. The van der Waals surface area contributed by atoms with Crippen LogP contribution in [-0.4, -0.2) is 7.05 Å². The first-order valence-corrected chi connectivity index (χ1v) is 5.50. The summed E-state index contributed by atoms with van der Waals surface area (Å²) in [4.78, 5) is 5.30. The lowest BCUT2D eigenvalue weighted by Gasteiger charge is -2.09. The third kappa shape index (κ3) is 2.55. The van der Waals surface area contributed by atoms with Gasteiger partial charge in [0.05, 0.1) is 0 Å². The molecule has 2 heteroatoms. The molecule has 0 spiro atoms. The van der Waals surface area contributed by atoms with Crippen LogP contribution in [0.1, 0.15) is 5.56 Å². The largest absolute Gasteiger partial charge is 0.408 e. The van der Waals surface area contributed by atoms with Crippen molar-refractivity contribution in [3.63, 3.8) is 0 Å². The van der Waals surface area contributed by atoms with Crippen LogP contribution in [0.25, 0.3) is 17.2 Å². The maximum atomic E-state index is 5.30. The Labute approximate surface area is 102 Å². The summed E-state index contributed by atoms with van der Waals surface area (Å²) in [7, 11) is 1.73. The van der Waals surface area contributed by atoms with Gasteiger partial charge in [0, 0.05) is 12.6 Å². The van der Waals surface area contributed by atoms with Gasteiger partial charge in [0.25, 0.3) is 0 Å². The Kier molecular flexibility index (Phi) is 3.58. The molecule has 2 aromatic carbocycles. The van der Waals surface area contributed by atoms with Crippen LogP contribution >= 0.6 is 0 Å². The summed E-state index contributed by atoms with van der Waals surface area (Å²) in [5.41, 5.74) is 5.99. The van der Waals surface area contributed by atoms with Gasteiger partial charge >= 0.3 is 0 Å². The maximum absolute atomic E-state index is 5.30. The number of nitrogens with one attached hydrogen (secondary N) is 1. The zero-order chi connectivity index (χ0) is 12.1. The Morgan fingerprint density at radius 2 is 1.82 bits per heavy atom. The van der Waals surface area contributed by atoms with Gasteiger partial charge in [0.15, 0.2) is 5.75 Å². The van der Waals surface area contributed by atoms with Crippen molar-refractivity contribution in [1.82, 2.24) is 5.48 Å². The topological polar surface area (TPSA) is 21.3 Å². The quantitative estimate of drug-likeness (QED) is 0.804. The standard InChI is InChI=1S/C15H15NO/c1-3-12-11-14(9-10-15(12)17-16-2)13-7-5-4-6-8-13/h3-11,16H,1H2,2H3. The van der Waals surface area contributed by atoms with Crippen molar-refractivity contribution >= 4 is 6.08 Å². The Hall–Kier alpha value is -2.06. The minimum atomic E-state index is 0.780. The van der Waals surface area contributed by atoms with E-state index in [0.717, 1.165) is 16.9 Å². The number of hydrogen-bond acceptors (Lipinski definition) is 2. The highest BCUT2D eigenvalue weighted by Crippen LogP contribution is 2.26. The van der Waals surface area contributed by atoms with E-state index < -0.39 is 0 Å². The lowest BCUT2D eigenvalue weighted by atomic mass is 10.0. The average Bonchev–Trinajstić information content (AvgIpc) is 2.40. The molecule has 17 heavy (non-hydrogen) atoms. The molecule has 0 saturated carbocycles. The zero-order valence-corrected chi connectivity index (χ0v) is 9.81. The molecule has 0 saturated heterocycles. The van der Waals surface area contributed by atoms with Crippen LogP contribution in [0, 0.1) is 0 Å². The number of hydrogen-bond donors (Lipinski definition) is 1. The van der Waals surface area contributed by atoms with Gasteiger partial charge in [-0.1, -0.05) is 49.1 Å². The first kappa shape index (κ1) is 11.4. The molecule has 0 heterocycles. The van der Waals surface area contributed by atoms with E-state index in [0.29, 0.717) is 0 Å². The molecule has 0 radical (unpaired) electrons. The third-order valence-electron chi connectivity index (χ3n) is 2.55. The molecular formula is C15H15NO. The van der Waals surface area contributed by atoms with Crippen LogP contribution in [0.3, 0.4) is 0 Å². The smallest absolute Gasteiger partial charge is 0.154 e. The van der Waals surface area contributed by atoms with Crippen LogP contribution in [0.15, 0.2) is 55.1 Å². The van der Waals surface area contributed by atoms with E-state index in [4.69, 9.17) is 4.84 Å². The van der Waals surface area contributed by atoms with Crippen LogP contribution in [0.5, 0.6) is 5.75 Å². The minimum Gasteiger partial charge on any atom is -0.408 e. The van der Waals surface area contributed by atoms with Gasteiger partial charge in [-0.2, -0.15) is 5.48 Å². The van der Waals surface area contributed by atoms with Crippen LogP contribution in [0.2, 0.25) is 0 Å². The summed E-state index contributed by atoms with van der Waals surface area (Å²) >= 11 is 0. The number of hydroxylamine groups is 1. The summed E-state index contributed by atoms with van der Waals surface area (Å²) in [6, 6.07) is 16.3. The molecule has 2 rings (SSSR count). The maximum Gasteiger partial charge on any atom is 0.154 e. The molecule has 1 N–H and O–H groups in total. The molecule has 86 valence electrons. The fourth-order valence-electron chi connectivity index (χ4n) is 1.72. The van der Waals surface area contributed by atoms with Crippen molar-refractivity contribution in [3.8, 4) is 16.9 Å². The van der Waals surface area contributed by atoms with E-state index in [-0.39, 0.29) is 0 Å². The van der Waals surface area contributed by atoms with Crippen molar-refractivity contribution in [1.29, 1.82) is 0 Å². The lowest BCUT2D eigenvalue weighted by Crippen LogP contribution is -2.11. The van der Waals surface area contributed by atoms with Gasteiger partial charge in [-0.3, -0.25) is 0 Å². The molecule has 0 aliphatic heterocycles. The van der Waals surface area contributed by atoms with E-state index in [1.807, 2.05) is 30.3 Å². The predicted octanol–water partition coefficient (Wildman–Crippen LogP) is 3.51. The highest BCUT2D eigenvalue weighted by atomic mass is 16.6. The SMILES string of the molecule is C=Cc1cc(-c2ccccc2)ccc1ONC. The van der Waals surface area contributed by atoms with E-state index >= 15 is 0 Å². The van der Waals surface area contributed by atoms with Crippen molar-refractivity contribution in [3.05, 3.63) is 60.7 Å². The fourth-order valence-corrected chi connectivity index (χ4v) is 1.72. The number of rotatable bonds is 4. The molecular weight excluding hydrogens is 210 g/mol. The second-order valence-corrected chi connectivity index (χ2v) is 3.63. The molecule has 0 atom stereocenters. The Bertz CT molecular complexity index is 506. The van der Waals surface area contributed by atoms with Crippen molar-refractivity contribution in [2.45, 2.75) is 0 Å². The van der Waals surface area contributed by atoms with Crippen molar-refractivity contribution in [2.75, 3.05) is 7.05 Å². The lowest BCUT2D eigenvalue weighted by molar-refractivity contribution is 0.223. The molecule has 0 bridgehead atoms. The summed E-state index contributed by atoms with van der Waals surface area (Å²) in [5, 5.41) is 0. The molecule has 2 nitrogen and oxygen atoms in total. The molecule has 0 unspecified atom stereocenters. The molecule has 0 aromatic heterocycles. The van der Waals surface area contributed by atoms with Gasteiger partial charge in [-0.15, -0.1) is 0 Å². The first-order chi connectivity index (χ1) is 8.35. The summed E-state index contributed by atoms with van der Waals surface area (Å²) in [5.74, 6) is 0.780. The summed E-state index contributed by atoms with van der Waals surface area (Å²) in [6.07, 6.45) is 1.79. The predicted molar refractivity (Wildman–Crippen MR) is 71.7 cm³/mol. The van der Waals surface area contributed by atoms with Crippen molar-refractivity contribution in [2.24, 2.45) is 0 Å². The average molecular weight is 225 g/mol. The monoisotopic (exact) mass is 225 g/mol. The second-order valence-electron chi connectivity index (χ2n) is 3.63. The molecule has 0 aliphatic rings. The van der Waals surface area contributed by atoms with Crippen molar-refractivity contribution < 1.29 is 4.84 Å². The Balaban J connectivity index is 2.41. The van der Waals surface area contributed by atoms with Gasteiger partial charge in [-0.05, 0) is 23.3 Å². The van der Waals surface area contributed by atoms with E-state index in [1.54, 1.807) is 13.1 Å². The normalized spacial score (nSPS) is 9.94. The van der Waals surface area contributed by atoms with E-state index in [1.165, 1.54) is 5.56 Å². The summed E-state index contributed by atoms with van der Waals surface area (Å²) in [6.45, 7) is 3.80. The van der Waals surface area contributed by atoms with Crippen LogP contribution in [-0.2, 0) is 0 Å². The molecule has 0 fully saturated rings. The van der Waals surface area contributed by atoms with Gasteiger partial charge < -0.3 is 4.84 Å². The van der Waals surface area contributed by atoms with Crippen LogP contribution in [0.4, 0.5) is 0 Å². The van der Waals surface area contributed by atoms with Crippen LogP contribution < -0.4 is 10.3 Å². The first-order valence-electron chi connectivity index (χ1n) is 5.50. The van der Waals surface area contributed by atoms with Gasteiger partial charge in [-0.25, -0.2) is 0 Å². The minimum absolute atomic E-state index is 0.780. The highest BCUT2D eigenvalue weighted by Gasteiger charge is 2.03. The Morgan fingerprint density at radius 1 is 1.06 bits per heavy atom. The van der Waals surface area contributed by atoms with Gasteiger partial charge in [0.2, 0.25) is 0 Å². The van der Waals surface area contributed by atoms with Gasteiger partial charge in [0.1, 0.15) is 0 Å². The summed E-state index contributed by atoms with van der Waals surface area (Å²) < 4.78 is 0. The molecule has 0 amide bonds. The number of benzene rings is 2. The highest BCUT2D eigenvalue weighted by molar-refractivity contribution is 5.70. The van der Waals surface area contributed by atoms with E-state index in [2.05, 4.69) is 30.3 Å².